The van der Waals surface area contributed by atoms with Gasteiger partial charge in [0.1, 0.15) is 0 Å². The minimum atomic E-state index is -4.41. The van der Waals surface area contributed by atoms with Crippen molar-refractivity contribution in [3.05, 3.63) is 41.3 Å². The van der Waals surface area contributed by atoms with Crippen LogP contribution < -0.4 is 0 Å². The summed E-state index contributed by atoms with van der Waals surface area (Å²) < 4.78 is 39.1. The van der Waals surface area contributed by atoms with E-state index in [1.54, 1.807) is 0 Å². The zero-order valence-electron chi connectivity index (χ0n) is 11.0. The Hall–Kier alpha value is -2.18. The molecule has 2 heterocycles. The van der Waals surface area contributed by atoms with Crippen LogP contribution in [0.1, 0.15) is 40.9 Å². The summed E-state index contributed by atoms with van der Waals surface area (Å²) in [6, 6.07) is 2.24. The van der Waals surface area contributed by atoms with Gasteiger partial charge in [-0.05, 0) is 31.4 Å². The van der Waals surface area contributed by atoms with E-state index in [0.29, 0.717) is 24.2 Å². The molecule has 0 N–H and O–H groups in total. The summed E-state index contributed by atoms with van der Waals surface area (Å²) >= 11 is 0. The summed E-state index contributed by atoms with van der Waals surface area (Å²) in [6.45, 7) is 0. The number of aromatic nitrogens is 3. The predicted octanol–water partition coefficient (Wildman–Crippen LogP) is 3.20. The molecule has 0 spiro atoms. The maximum atomic E-state index is 12.5. The number of fused-ring (bicyclic) bond motifs is 1. The number of carbonyl (C=O) groups excluding carboxylic acids is 1. The Bertz CT molecular complexity index is 674. The molecule has 3 rings (SSSR count). The van der Waals surface area contributed by atoms with E-state index in [1.807, 2.05) is 0 Å². The lowest BCUT2D eigenvalue weighted by atomic mass is 10.1. The second-order valence-corrected chi connectivity index (χ2v) is 4.95. The average molecular weight is 295 g/mol. The van der Waals surface area contributed by atoms with Gasteiger partial charge in [0.2, 0.25) is 0 Å². The summed E-state index contributed by atoms with van der Waals surface area (Å²) in [5.41, 5.74) is 0.472. The van der Waals surface area contributed by atoms with E-state index in [2.05, 4.69) is 10.1 Å². The Morgan fingerprint density at radius 3 is 2.52 bits per heavy atom. The van der Waals surface area contributed by atoms with Crippen LogP contribution >= 0.6 is 0 Å². The highest BCUT2D eigenvalue weighted by atomic mass is 19.4. The van der Waals surface area contributed by atoms with Gasteiger partial charge in [-0.1, -0.05) is 0 Å². The minimum Gasteiger partial charge on any atom is -0.294 e. The van der Waals surface area contributed by atoms with E-state index in [-0.39, 0.29) is 5.78 Å². The summed E-state index contributed by atoms with van der Waals surface area (Å²) in [4.78, 5) is 15.7. The van der Waals surface area contributed by atoms with Gasteiger partial charge in [-0.25, -0.2) is 9.67 Å². The van der Waals surface area contributed by atoms with Gasteiger partial charge in [-0.15, -0.1) is 0 Å². The molecule has 0 aliphatic heterocycles. The van der Waals surface area contributed by atoms with E-state index in [1.165, 1.54) is 16.9 Å². The molecule has 2 aromatic heterocycles. The number of Topliss-reactive ketones (excluding diaryl/α,β-unsaturated/α-hetero) is 1. The summed E-state index contributed by atoms with van der Waals surface area (Å²) in [5, 5.41) is 4.10. The molecule has 0 atom stereocenters. The highest BCUT2D eigenvalue weighted by Crippen LogP contribution is 2.29. The van der Waals surface area contributed by atoms with Crippen LogP contribution in [-0.2, 0) is 12.6 Å². The van der Waals surface area contributed by atoms with Gasteiger partial charge in [0.05, 0.1) is 23.0 Å². The van der Waals surface area contributed by atoms with Crippen molar-refractivity contribution in [1.82, 2.24) is 14.8 Å². The van der Waals surface area contributed by atoms with Crippen molar-refractivity contribution in [2.75, 3.05) is 0 Å². The van der Waals surface area contributed by atoms with Crippen LogP contribution in [0.5, 0.6) is 0 Å². The average Bonchev–Trinajstić information content (AvgIpc) is 2.78. The Morgan fingerprint density at radius 2 is 1.86 bits per heavy atom. The summed E-state index contributed by atoms with van der Waals surface area (Å²) in [6.07, 6.45) is 0.661. The van der Waals surface area contributed by atoms with Gasteiger partial charge >= 0.3 is 6.18 Å². The second kappa shape index (κ2) is 4.98. The SMILES string of the molecule is O=C1CCCCc2c1cnn2-c1ccc(C(F)(F)F)cn1. The Kier molecular flexibility index (Phi) is 3.27. The maximum Gasteiger partial charge on any atom is 0.417 e. The zero-order valence-corrected chi connectivity index (χ0v) is 11.0. The maximum absolute atomic E-state index is 12.5. The lowest BCUT2D eigenvalue weighted by Gasteiger charge is -2.09. The quantitative estimate of drug-likeness (QED) is 0.759. The molecule has 0 saturated carbocycles. The molecule has 0 saturated heterocycles. The number of nitrogens with zero attached hydrogens (tertiary/aromatic N) is 3. The lowest BCUT2D eigenvalue weighted by molar-refractivity contribution is -0.137. The van der Waals surface area contributed by atoms with Gasteiger partial charge in [-0.3, -0.25) is 4.79 Å². The lowest BCUT2D eigenvalue weighted by Crippen LogP contribution is -2.09. The van der Waals surface area contributed by atoms with Gasteiger partial charge in [0.25, 0.3) is 0 Å². The fourth-order valence-electron chi connectivity index (χ4n) is 2.44. The molecule has 0 unspecified atom stereocenters. The first-order valence-electron chi connectivity index (χ1n) is 6.60. The molecule has 4 nitrogen and oxygen atoms in total. The number of halogens is 3. The second-order valence-electron chi connectivity index (χ2n) is 4.95. The van der Waals surface area contributed by atoms with Crippen LogP contribution in [-0.4, -0.2) is 20.5 Å². The van der Waals surface area contributed by atoms with Gasteiger partial charge in [0.15, 0.2) is 11.6 Å². The van der Waals surface area contributed by atoms with Crippen molar-refractivity contribution in [3.63, 3.8) is 0 Å². The molecule has 1 aliphatic carbocycles. The predicted molar refractivity (Wildman–Crippen MR) is 68.2 cm³/mol. The van der Waals surface area contributed by atoms with E-state index in [9.17, 15) is 18.0 Å². The Morgan fingerprint density at radius 1 is 1.10 bits per heavy atom. The Labute approximate surface area is 118 Å². The third-order valence-corrected chi connectivity index (χ3v) is 3.53. The molecule has 0 amide bonds. The summed E-state index contributed by atoms with van der Waals surface area (Å²) in [5.74, 6) is 0.319. The van der Waals surface area contributed by atoms with Gasteiger partial charge in [0, 0.05) is 12.6 Å². The third kappa shape index (κ3) is 2.55. The number of alkyl halides is 3. The van der Waals surface area contributed by atoms with E-state index >= 15 is 0 Å². The molecule has 0 aromatic carbocycles. The molecule has 0 fully saturated rings. The normalized spacial score (nSPS) is 15.7. The number of rotatable bonds is 1. The van der Waals surface area contributed by atoms with Crippen LogP contribution in [0, 0.1) is 0 Å². The van der Waals surface area contributed by atoms with E-state index in [4.69, 9.17) is 0 Å². The zero-order chi connectivity index (χ0) is 15.0. The largest absolute Gasteiger partial charge is 0.417 e. The molecule has 1 aliphatic rings. The highest BCUT2D eigenvalue weighted by Gasteiger charge is 2.31. The Balaban J connectivity index is 2.00. The molecular weight excluding hydrogens is 283 g/mol. The van der Waals surface area contributed by atoms with Crippen molar-refractivity contribution < 1.29 is 18.0 Å². The van der Waals surface area contributed by atoms with Crippen molar-refractivity contribution in [3.8, 4) is 5.82 Å². The summed E-state index contributed by atoms with van der Waals surface area (Å²) in [7, 11) is 0. The fourth-order valence-corrected chi connectivity index (χ4v) is 2.44. The van der Waals surface area contributed by atoms with Crippen LogP contribution in [0.3, 0.4) is 0 Å². The van der Waals surface area contributed by atoms with Crippen molar-refractivity contribution in [1.29, 1.82) is 0 Å². The van der Waals surface area contributed by atoms with Crippen LogP contribution in [0.2, 0.25) is 0 Å². The standard InChI is InChI=1S/C14H12F3N3O/c15-14(16,17)9-5-6-13(18-7-9)20-11-3-1-2-4-12(21)10(11)8-19-20/h5-8H,1-4H2. The van der Waals surface area contributed by atoms with E-state index in [0.717, 1.165) is 30.8 Å². The molecule has 7 heteroatoms. The third-order valence-electron chi connectivity index (χ3n) is 3.53. The molecular formula is C14H12F3N3O. The van der Waals surface area contributed by atoms with Gasteiger partial charge < -0.3 is 0 Å². The molecule has 0 radical (unpaired) electrons. The minimum absolute atomic E-state index is 0.0284. The van der Waals surface area contributed by atoms with Crippen LogP contribution in [0.25, 0.3) is 5.82 Å². The number of ketones is 1. The number of hydrogen-bond acceptors (Lipinski definition) is 3. The van der Waals surface area contributed by atoms with Crippen molar-refractivity contribution in [2.45, 2.75) is 31.9 Å². The topological polar surface area (TPSA) is 47.8 Å². The van der Waals surface area contributed by atoms with E-state index < -0.39 is 11.7 Å². The number of hydrogen-bond donors (Lipinski definition) is 0. The van der Waals surface area contributed by atoms with Crippen LogP contribution in [0.15, 0.2) is 24.5 Å². The van der Waals surface area contributed by atoms with Crippen LogP contribution in [0.4, 0.5) is 13.2 Å². The first kappa shape index (κ1) is 13.8. The van der Waals surface area contributed by atoms with Gasteiger partial charge in [-0.2, -0.15) is 18.3 Å². The molecule has 0 bridgehead atoms. The van der Waals surface area contributed by atoms with Crippen molar-refractivity contribution >= 4 is 5.78 Å². The molecule has 110 valence electrons. The molecule has 2 aromatic rings. The smallest absolute Gasteiger partial charge is 0.294 e. The number of pyridine rings is 1. The molecule has 21 heavy (non-hydrogen) atoms. The first-order chi connectivity index (χ1) is 9.97. The monoisotopic (exact) mass is 295 g/mol. The van der Waals surface area contributed by atoms with Crippen molar-refractivity contribution in [2.24, 2.45) is 0 Å². The highest BCUT2D eigenvalue weighted by molar-refractivity contribution is 5.97. The fraction of sp³-hybridized carbons (Fsp3) is 0.357. The first-order valence-corrected chi connectivity index (χ1v) is 6.60. The number of carbonyl (C=O) groups is 1.